The van der Waals surface area contributed by atoms with Crippen molar-refractivity contribution in [3.05, 3.63) is 53.1 Å². The predicted octanol–water partition coefficient (Wildman–Crippen LogP) is 3.14. The average Bonchev–Trinajstić information content (AvgIpc) is 3.43. The van der Waals surface area contributed by atoms with Crippen LogP contribution in [0.15, 0.2) is 36.4 Å². The fourth-order valence-corrected chi connectivity index (χ4v) is 4.15. The number of hydrogen-bond donors (Lipinski definition) is 2. The number of carbonyl (C=O) groups is 1. The maximum absolute atomic E-state index is 11.7. The minimum atomic E-state index is -1.12. The van der Waals surface area contributed by atoms with E-state index in [0.717, 1.165) is 41.0 Å². The van der Waals surface area contributed by atoms with Gasteiger partial charge in [0, 0.05) is 37.0 Å². The highest BCUT2D eigenvalue weighted by atomic mass is 16.5. The first-order valence-electron chi connectivity index (χ1n) is 10.7. The number of ether oxygens (including phenoxy) is 4. The number of fused-ring (bicyclic) bond motifs is 1. The van der Waals surface area contributed by atoms with Gasteiger partial charge in [0.05, 0.1) is 26.4 Å². The second kappa shape index (κ2) is 9.58. The molecule has 0 aliphatic carbocycles. The van der Waals surface area contributed by atoms with Gasteiger partial charge in [-0.2, -0.15) is 0 Å². The first-order valence-corrected chi connectivity index (χ1v) is 10.7. The summed E-state index contributed by atoms with van der Waals surface area (Å²) in [5.74, 6) is 1.31. The molecule has 31 heavy (non-hydrogen) atoms. The number of hydrogen-bond acceptors (Lipinski definition) is 6. The topological polar surface area (TPSA) is 94.5 Å². The smallest absolute Gasteiger partial charge is 0.336 e. The highest BCUT2D eigenvalue weighted by Crippen LogP contribution is 2.34. The Balaban J connectivity index is 1.26. The molecular weight excluding hydrogens is 400 g/mol. The van der Waals surface area contributed by atoms with Gasteiger partial charge in [-0.15, -0.1) is 0 Å². The molecule has 2 N–H and O–H groups in total. The van der Waals surface area contributed by atoms with E-state index in [1.165, 1.54) is 0 Å². The van der Waals surface area contributed by atoms with Gasteiger partial charge in [0.15, 0.2) is 5.60 Å². The summed E-state index contributed by atoms with van der Waals surface area (Å²) in [4.78, 5) is 11.7. The van der Waals surface area contributed by atoms with Crippen LogP contribution >= 0.6 is 0 Å². The lowest BCUT2D eigenvalue weighted by atomic mass is 9.91. The lowest BCUT2D eigenvalue weighted by Gasteiger charge is -2.23. The van der Waals surface area contributed by atoms with Crippen LogP contribution in [0.1, 0.15) is 36.0 Å². The SMILES string of the molecule is O=C(O)C1(Cc2cccc(OCCCOc3cc(CO)c4c(c3)CCO4)c2)CCCO1. The number of aliphatic carboxylic acids is 1. The van der Waals surface area contributed by atoms with E-state index in [0.29, 0.717) is 51.4 Å². The molecule has 1 unspecified atom stereocenters. The third-order valence-electron chi connectivity index (χ3n) is 5.71. The van der Waals surface area contributed by atoms with Crippen molar-refractivity contribution < 1.29 is 34.0 Å². The van der Waals surface area contributed by atoms with Gasteiger partial charge in [0.25, 0.3) is 0 Å². The monoisotopic (exact) mass is 428 g/mol. The van der Waals surface area contributed by atoms with E-state index in [9.17, 15) is 15.0 Å². The lowest BCUT2D eigenvalue weighted by molar-refractivity contribution is -0.159. The zero-order chi connectivity index (χ0) is 21.7. The molecule has 7 nitrogen and oxygen atoms in total. The molecular formula is C24H28O7. The van der Waals surface area contributed by atoms with Crippen molar-refractivity contribution in [2.24, 2.45) is 0 Å². The molecule has 0 saturated carbocycles. The van der Waals surface area contributed by atoms with E-state index in [1.54, 1.807) is 0 Å². The second-order valence-electron chi connectivity index (χ2n) is 7.95. The Morgan fingerprint density at radius 3 is 2.68 bits per heavy atom. The van der Waals surface area contributed by atoms with Gasteiger partial charge in [-0.05, 0) is 42.7 Å². The van der Waals surface area contributed by atoms with E-state index in [-0.39, 0.29) is 6.61 Å². The van der Waals surface area contributed by atoms with Crippen molar-refractivity contribution >= 4 is 5.97 Å². The van der Waals surface area contributed by atoms with Crippen molar-refractivity contribution in [2.45, 2.75) is 44.3 Å². The van der Waals surface area contributed by atoms with Gasteiger partial charge in [0.2, 0.25) is 0 Å². The summed E-state index contributed by atoms with van der Waals surface area (Å²) in [7, 11) is 0. The van der Waals surface area contributed by atoms with E-state index < -0.39 is 11.6 Å². The van der Waals surface area contributed by atoms with Crippen molar-refractivity contribution in [2.75, 3.05) is 26.4 Å². The molecule has 0 spiro atoms. The zero-order valence-electron chi connectivity index (χ0n) is 17.5. The first-order chi connectivity index (χ1) is 15.1. The molecule has 1 saturated heterocycles. The molecule has 2 aliphatic rings. The standard InChI is InChI=1S/C24H28O7/c25-16-19-14-21(13-18-6-11-30-22(18)19)29-9-3-8-28-20-5-1-4-17(12-20)15-24(23(26)27)7-2-10-31-24/h1,4-5,12-14,25H,2-3,6-11,15-16H2,(H,26,27). The van der Waals surface area contributed by atoms with Crippen molar-refractivity contribution in [3.63, 3.8) is 0 Å². The normalized spacial score (nSPS) is 19.6. The summed E-state index contributed by atoms with van der Waals surface area (Å²) in [6.07, 6.45) is 3.14. The molecule has 2 aromatic carbocycles. The molecule has 0 amide bonds. The number of rotatable bonds is 10. The van der Waals surface area contributed by atoms with Crippen LogP contribution in [0, 0.1) is 0 Å². The maximum Gasteiger partial charge on any atom is 0.336 e. The van der Waals surface area contributed by atoms with Crippen LogP contribution in [-0.4, -0.2) is 48.2 Å². The molecule has 166 valence electrons. The number of benzene rings is 2. The fourth-order valence-electron chi connectivity index (χ4n) is 4.15. The van der Waals surface area contributed by atoms with Crippen LogP contribution < -0.4 is 14.2 Å². The summed E-state index contributed by atoms with van der Waals surface area (Å²) in [6, 6.07) is 11.3. The summed E-state index contributed by atoms with van der Waals surface area (Å²) in [5.41, 5.74) is 1.58. The van der Waals surface area contributed by atoms with E-state index in [1.807, 2.05) is 36.4 Å². The molecule has 0 bridgehead atoms. The Hall–Kier alpha value is -2.77. The largest absolute Gasteiger partial charge is 0.493 e. The van der Waals surface area contributed by atoms with Crippen LogP contribution in [0.2, 0.25) is 0 Å². The molecule has 2 heterocycles. The Bertz CT molecular complexity index is 918. The van der Waals surface area contributed by atoms with E-state index >= 15 is 0 Å². The van der Waals surface area contributed by atoms with Gasteiger partial charge >= 0.3 is 5.97 Å². The van der Waals surface area contributed by atoms with Crippen LogP contribution in [0.25, 0.3) is 0 Å². The van der Waals surface area contributed by atoms with Gasteiger partial charge in [0.1, 0.15) is 17.2 Å². The quantitative estimate of drug-likeness (QED) is 0.562. The van der Waals surface area contributed by atoms with Crippen molar-refractivity contribution in [1.82, 2.24) is 0 Å². The van der Waals surface area contributed by atoms with Crippen molar-refractivity contribution in [1.29, 1.82) is 0 Å². The third-order valence-corrected chi connectivity index (χ3v) is 5.71. The summed E-state index contributed by atoms with van der Waals surface area (Å²) in [6.45, 7) is 2.01. The van der Waals surface area contributed by atoms with E-state index in [2.05, 4.69) is 0 Å². The van der Waals surface area contributed by atoms with Crippen LogP contribution in [-0.2, 0) is 29.0 Å². The summed E-state index contributed by atoms with van der Waals surface area (Å²) >= 11 is 0. The second-order valence-corrected chi connectivity index (χ2v) is 7.95. The van der Waals surface area contributed by atoms with Crippen LogP contribution in [0.3, 0.4) is 0 Å². The fraction of sp³-hybridized carbons (Fsp3) is 0.458. The first kappa shape index (κ1) is 21.5. The Labute approximate surface area is 181 Å². The number of aliphatic hydroxyl groups excluding tert-OH is 1. The number of aliphatic hydroxyl groups is 1. The van der Waals surface area contributed by atoms with Crippen LogP contribution in [0.4, 0.5) is 0 Å². The number of carboxylic acid groups (broad SMARTS) is 1. The maximum atomic E-state index is 11.7. The van der Waals surface area contributed by atoms with Gasteiger partial charge < -0.3 is 29.2 Å². The highest BCUT2D eigenvalue weighted by molar-refractivity contribution is 5.78. The Morgan fingerprint density at radius 2 is 1.94 bits per heavy atom. The third kappa shape index (κ3) is 4.94. The molecule has 4 rings (SSSR count). The lowest BCUT2D eigenvalue weighted by Crippen LogP contribution is -2.40. The molecule has 0 radical (unpaired) electrons. The van der Waals surface area contributed by atoms with Gasteiger partial charge in [-0.25, -0.2) is 4.79 Å². The molecule has 1 atom stereocenters. The van der Waals surface area contributed by atoms with Crippen molar-refractivity contribution in [3.8, 4) is 17.2 Å². The summed E-state index contributed by atoms with van der Waals surface area (Å²) < 4.78 is 22.8. The predicted molar refractivity (Wildman–Crippen MR) is 113 cm³/mol. The molecule has 7 heteroatoms. The minimum absolute atomic E-state index is 0.0762. The Kier molecular flexibility index (Phi) is 6.63. The molecule has 0 aromatic heterocycles. The van der Waals surface area contributed by atoms with E-state index in [4.69, 9.17) is 18.9 Å². The summed E-state index contributed by atoms with van der Waals surface area (Å²) in [5, 5.41) is 19.1. The highest BCUT2D eigenvalue weighted by Gasteiger charge is 2.42. The molecule has 2 aliphatic heterocycles. The van der Waals surface area contributed by atoms with Crippen LogP contribution in [0.5, 0.6) is 17.2 Å². The molecule has 2 aromatic rings. The van der Waals surface area contributed by atoms with Gasteiger partial charge in [-0.1, -0.05) is 12.1 Å². The Morgan fingerprint density at radius 1 is 1.10 bits per heavy atom. The minimum Gasteiger partial charge on any atom is -0.493 e. The zero-order valence-corrected chi connectivity index (χ0v) is 17.5. The van der Waals surface area contributed by atoms with Gasteiger partial charge in [-0.3, -0.25) is 0 Å². The number of carboxylic acids is 1. The molecule has 1 fully saturated rings. The average molecular weight is 428 g/mol.